The molecule has 1 aliphatic rings. The summed E-state index contributed by atoms with van der Waals surface area (Å²) in [5, 5.41) is 10.5. The maximum Gasteiger partial charge on any atom is 0.214 e. The van der Waals surface area contributed by atoms with Crippen molar-refractivity contribution in [3.05, 3.63) is 60.0 Å². The van der Waals surface area contributed by atoms with Gasteiger partial charge in [0.05, 0.1) is 5.69 Å². The molecule has 3 heterocycles. The number of aromatic amines is 1. The van der Waals surface area contributed by atoms with Crippen LogP contribution in [0.25, 0.3) is 16.9 Å². The number of hydrogen-bond donors (Lipinski definition) is 2. The van der Waals surface area contributed by atoms with E-state index in [-0.39, 0.29) is 0 Å². The van der Waals surface area contributed by atoms with Crippen molar-refractivity contribution in [2.45, 2.75) is 32.4 Å². The molecule has 0 bridgehead atoms. The normalized spacial score (nSPS) is 14.1. The van der Waals surface area contributed by atoms with Crippen LogP contribution in [-0.4, -0.2) is 42.6 Å². The van der Waals surface area contributed by atoms with Crippen LogP contribution < -0.4 is 5.32 Å². The molecule has 0 spiro atoms. The molecular formula is C21H23N7. The minimum absolute atomic E-state index is 0.692. The van der Waals surface area contributed by atoms with Crippen LogP contribution in [-0.2, 0) is 6.54 Å². The number of hydrogen-bond acceptors (Lipinski definition) is 5. The Bertz CT molecular complexity index is 1120. The number of fused-ring (bicyclic) bond motifs is 1. The molecule has 0 atom stereocenters. The van der Waals surface area contributed by atoms with Gasteiger partial charge in [0.2, 0.25) is 5.95 Å². The molecule has 1 fully saturated rings. The summed E-state index contributed by atoms with van der Waals surface area (Å²) in [5.74, 6) is 1.42. The Labute approximate surface area is 163 Å². The monoisotopic (exact) mass is 373 g/mol. The quantitative estimate of drug-likeness (QED) is 0.538. The highest BCUT2D eigenvalue weighted by Gasteiger charge is 2.25. The highest BCUT2D eigenvalue weighted by atomic mass is 15.3. The molecule has 0 saturated heterocycles. The molecule has 3 aromatic heterocycles. The van der Waals surface area contributed by atoms with Crippen molar-refractivity contribution < 1.29 is 0 Å². The highest BCUT2D eigenvalue weighted by molar-refractivity contribution is 5.68. The lowest BCUT2D eigenvalue weighted by molar-refractivity contribution is 0.316. The van der Waals surface area contributed by atoms with Crippen molar-refractivity contribution in [2.75, 3.05) is 12.4 Å². The zero-order valence-electron chi connectivity index (χ0n) is 16.1. The van der Waals surface area contributed by atoms with Crippen molar-refractivity contribution >= 4 is 17.4 Å². The van der Waals surface area contributed by atoms with Gasteiger partial charge in [0.25, 0.3) is 0 Å². The molecule has 0 unspecified atom stereocenters. The van der Waals surface area contributed by atoms with E-state index in [0.717, 1.165) is 41.0 Å². The van der Waals surface area contributed by atoms with Gasteiger partial charge in [-0.1, -0.05) is 18.2 Å². The van der Waals surface area contributed by atoms with Crippen LogP contribution in [0, 0.1) is 6.92 Å². The molecule has 7 heteroatoms. The average molecular weight is 373 g/mol. The van der Waals surface area contributed by atoms with Crippen LogP contribution in [0.3, 0.4) is 0 Å². The summed E-state index contributed by atoms with van der Waals surface area (Å²) in [4.78, 5) is 11.7. The Morgan fingerprint density at radius 3 is 2.93 bits per heavy atom. The number of nitrogens with one attached hydrogen (secondary N) is 2. The van der Waals surface area contributed by atoms with E-state index in [9.17, 15) is 0 Å². The first-order valence-electron chi connectivity index (χ1n) is 9.58. The summed E-state index contributed by atoms with van der Waals surface area (Å²) in [6.45, 7) is 2.93. The Morgan fingerprint density at radius 1 is 1.25 bits per heavy atom. The van der Waals surface area contributed by atoms with Crippen molar-refractivity contribution in [1.29, 1.82) is 0 Å². The van der Waals surface area contributed by atoms with E-state index in [0.29, 0.717) is 5.95 Å². The summed E-state index contributed by atoms with van der Waals surface area (Å²) in [7, 11) is 2.20. The molecular weight excluding hydrogens is 350 g/mol. The smallest absolute Gasteiger partial charge is 0.214 e. The number of aryl methyl sites for hydroxylation is 1. The second kappa shape index (κ2) is 6.76. The maximum atomic E-state index is 4.86. The first-order chi connectivity index (χ1) is 13.7. The SMILES string of the molecule is Cc1cc(Nc2nc(-c3cccc(CN(C)C4CC4)c3)cc3nccn23)n[nH]1. The molecule has 0 aliphatic heterocycles. The highest BCUT2D eigenvalue weighted by Crippen LogP contribution is 2.28. The fraction of sp³-hybridized carbons (Fsp3) is 0.286. The third-order valence-electron chi connectivity index (χ3n) is 5.16. The number of rotatable bonds is 6. The van der Waals surface area contributed by atoms with Crippen LogP contribution in [0.2, 0.25) is 0 Å². The third-order valence-corrected chi connectivity index (χ3v) is 5.16. The molecule has 7 nitrogen and oxygen atoms in total. The van der Waals surface area contributed by atoms with E-state index >= 15 is 0 Å². The number of H-pyrrole nitrogens is 1. The standard InChI is InChI=1S/C21H23N7/c1-14-10-19(26-25-14)24-21-23-18(12-20-22-8-9-28(20)21)16-5-3-4-15(11-16)13-27(2)17-6-7-17/h3-5,8-12,17H,6-7,13H2,1-2H3,(H2,23,24,25,26). The second-order valence-corrected chi connectivity index (χ2v) is 7.53. The van der Waals surface area contributed by atoms with Gasteiger partial charge in [-0.15, -0.1) is 0 Å². The van der Waals surface area contributed by atoms with E-state index in [4.69, 9.17) is 4.98 Å². The minimum Gasteiger partial charge on any atom is -0.308 e. The van der Waals surface area contributed by atoms with Crippen molar-refractivity contribution in [3.63, 3.8) is 0 Å². The van der Waals surface area contributed by atoms with E-state index in [2.05, 4.69) is 56.7 Å². The lowest BCUT2D eigenvalue weighted by atomic mass is 10.1. The number of benzene rings is 1. The molecule has 0 radical (unpaired) electrons. The van der Waals surface area contributed by atoms with E-state index in [1.54, 1.807) is 6.20 Å². The lowest BCUT2D eigenvalue weighted by Crippen LogP contribution is -2.19. The first kappa shape index (κ1) is 16.9. The van der Waals surface area contributed by atoms with Crippen LogP contribution in [0.15, 0.2) is 48.8 Å². The molecule has 1 saturated carbocycles. The van der Waals surface area contributed by atoms with Gasteiger partial charge >= 0.3 is 0 Å². The number of aromatic nitrogens is 5. The lowest BCUT2D eigenvalue weighted by Gasteiger charge is -2.16. The predicted molar refractivity (Wildman–Crippen MR) is 110 cm³/mol. The summed E-state index contributed by atoms with van der Waals surface area (Å²) < 4.78 is 1.93. The minimum atomic E-state index is 0.692. The molecule has 1 aliphatic carbocycles. The van der Waals surface area contributed by atoms with Crippen molar-refractivity contribution in [3.8, 4) is 11.3 Å². The predicted octanol–water partition coefficient (Wildman–Crippen LogP) is 3.77. The zero-order chi connectivity index (χ0) is 19.1. The Morgan fingerprint density at radius 2 is 2.14 bits per heavy atom. The Kier molecular flexibility index (Phi) is 4.09. The van der Waals surface area contributed by atoms with Gasteiger partial charge in [-0.3, -0.25) is 14.4 Å². The van der Waals surface area contributed by atoms with Gasteiger partial charge in [-0.2, -0.15) is 5.10 Å². The summed E-state index contributed by atoms with van der Waals surface area (Å²) in [6.07, 6.45) is 6.31. The number of nitrogens with zero attached hydrogens (tertiary/aromatic N) is 5. The molecule has 2 N–H and O–H groups in total. The third kappa shape index (κ3) is 3.36. The van der Waals surface area contributed by atoms with Gasteiger partial charge in [0.1, 0.15) is 5.65 Å². The zero-order valence-corrected chi connectivity index (χ0v) is 16.1. The first-order valence-corrected chi connectivity index (χ1v) is 9.58. The van der Waals surface area contributed by atoms with E-state index in [1.165, 1.54) is 18.4 Å². The van der Waals surface area contributed by atoms with Gasteiger partial charge in [0.15, 0.2) is 5.82 Å². The summed E-state index contributed by atoms with van der Waals surface area (Å²) in [5.41, 5.74) is 5.13. The maximum absolute atomic E-state index is 4.86. The molecule has 4 aromatic rings. The summed E-state index contributed by atoms with van der Waals surface area (Å²) >= 11 is 0. The number of imidazole rings is 1. The molecule has 28 heavy (non-hydrogen) atoms. The Hall–Kier alpha value is -3.19. The van der Waals surface area contributed by atoms with Gasteiger partial charge in [0, 0.05) is 48.4 Å². The van der Waals surface area contributed by atoms with Gasteiger partial charge in [-0.25, -0.2) is 9.97 Å². The fourth-order valence-corrected chi connectivity index (χ4v) is 3.52. The van der Waals surface area contributed by atoms with Crippen LogP contribution in [0.1, 0.15) is 24.1 Å². The average Bonchev–Trinajstić information content (AvgIpc) is 3.30. The van der Waals surface area contributed by atoms with Crippen molar-refractivity contribution in [1.82, 2.24) is 29.5 Å². The van der Waals surface area contributed by atoms with E-state index < -0.39 is 0 Å². The van der Waals surface area contributed by atoms with Gasteiger partial charge in [-0.05, 0) is 38.4 Å². The van der Waals surface area contributed by atoms with Crippen LogP contribution >= 0.6 is 0 Å². The second-order valence-electron chi connectivity index (χ2n) is 7.53. The van der Waals surface area contributed by atoms with Crippen molar-refractivity contribution in [2.24, 2.45) is 0 Å². The molecule has 0 amide bonds. The molecule has 142 valence electrons. The largest absolute Gasteiger partial charge is 0.308 e. The van der Waals surface area contributed by atoms with Crippen LogP contribution in [0.5, 0.6) is 0 Å². The van der Waals surface area contributed by atoms with Gasteiger partial charge < -0.3 is 5.32 Å². The fourth-order valence-electron chi connectivity index (χ4n) is 3.52. The molecule has 5 rings (SSSR count). The number of anilines is 2. The van der Waals surface area contributed by atoms with Crippen LogP contribution in [0.4, 0.5) is 11.8 Å². The Balaban J connectivity index is 1.50. The van der Waals surface area contributed by atoms with E-state index in [1.807, 2.05) is 29.7 Å². The summed E-state index contributed by atoms with van der Waals surface area (Å²) in [6, 6.07) is 13.3. The molecule has 1 aromatic carbocycles. The topological polar surface area (TPSA) is 74.1 Å².